The molecule has 0 aliphatic carbocycles. The highest BCUT2D eigenvalue weighted by Crippen LogP contribution is 2.12. The number of imidazole rings is 1. The summed E-state index contributed by atoms with van der Waals surface area (Å²) >= 11 is 0. The van der Waals surface area contributed by atoms with E-state index in [1.165, 1.54) is 22.5 Å². The lowest BCUT2D eigenvalue weighted by molar-refractivity contribution is -0.396. The molecule has 0 aliphatic rings. The molecule has 4 N–H and O–H groups in total. The van der Waals surface area contributed by atoms with Crippen LogP contribution in [0, 0.1) is 10.1 Å². The Morgan fingerprint density at radius 2 is 1.60 bits per heavy atom. The van der Waals surface area contributed by atoms with E-state index in [1.807, 2.05) is 60.7 Å². The second kappa shape index (κ2) is 17.9. The maximum Gasteiger partial charge on any atom is 0.434 e. The fourth-order valence-electron chi connectivity index (χ4n) is 4.02. The van der Waals surface area contributed by atoms with Gasteiger partial charge in [0.05, 0.1) is 6.54 Å². The lowest BCUT2D eigenvalue weighted by Gasteiger charge is -2.23. The van der Waals surface area contributed by atoms with Crippen molar-refractivity contribution in [2.75, 3.05) is 6.54 Å². The number of nitro groups is 1. The van der Waals surface area contributed by atoms with Crippen molar-refractivity contribution < 1.29 is 24.0 Å². The Kier molecular flexibility index (Phi) is 14.4. The predicted molar refractivity (Wildman–Crippen MR) is 163 cm³/mol. The number of aromatic nitrogens is 2. The summed E-state index contributed by atoms with van der Waals surface area (Å²) in [4.78, 5) is 49.5. The van der Waals surface area contributed by atoms with Crippen molar-refractivity contribution in [2.45, 2.75) is 77.5 Å². The van der Waals surface area contributed by atoms with Crippen molar-refractivity contribution in [3.05, 3.63) is 94.3 Å². The van der Waals surface area contributed by atoms with E-state index >= 15 is 0 Å². The summed E-state index contributed by atoms with van der Waals surface area (Å²) in [6, 6.07) is 19.0. The molecule has 12 heteroatoms. The minimum absolute atomic E-state index is 0.242. The molecule has 3 amide bonds. The number of carbonyl (C=O) groups is 3. The molecule has 0 saturated carbocycles. The Labute approximate surface area is 252 Å². The number of rotatable bonds is 14. The molecule has 3 rings (SSSR count). The van der Waals surface area contributed by atoms with Gasteiger partial charge in [-0.05, 0) is 68.9 Å². The van der Waals surface area contributed by atoms with Gasteiger partial charge in [-0.15, -0.1) is 0 Å². The van der Waals surface area contributed by atoms with Gasteiger partial charge in [0.2, 0.25) is 11.8 Å². The first-order valence-corrected chi connectivity index (χ1v) is 14.2. The van der Waals surface area contributed by atoms with E-state index in [0.717, 1.165) is 24.8 Å². The van der Waals surface area contributed by atoms with Crippen LogP contribution in [0.3, 0.4) is 0 Å². The van der Waals surface area contributed by atoms with Gasteiger partial charge in [-0.2, -0.15) is 0 Å². The van der Waals surface area contributed by atoms with Crippen LogP contribution in [0.4, 0.5) is 10.7 Å². The van der Waals surface area contributed by atoms with E-state index in [4.69, 9.17) is 10.5 Å². The van der Waals surface area contributed by atoms with Crippen molar-refractivity contribution in [3.8, 4) is 0 Å². The van der Waals surface area contributed by atoms with E-state index < -0.39 is 22.7 Å². The molecular formula is C31H42N6O6. The molecule has 0 spiro atoms. The zero-order chi connectivity index (χ0) is 31.7. The van der Waals surface area contributed by atoms with Gasteiger partial charge in [0.25, 0.3) is 0 Å². The van der Waals surface area contributed by atoms with Crippen LogP contribution >= 0.6 is 0 Å². The minimum Gasteiger partial charge on any atom is -0.444 e. The fourth-order valence-corrected chi connectivity index (χ4v) is 4.02. The van der Waals surface area contributed by atoms with Gasteiger partial charge in [0.1, 0.15) is 24.0 Å². The third-order valence-corrected chi connectivity index (χ3v) is 6.04. The van der Waals surface area contributed by atoms with Crippen LogP contribution in [0.2, 0.25) is 0 Å². The number of alkyl carbamates (subject to hydrolysis) is 1. The number of aryl methyl sites for hydroxylation is 3. The molecule has 1 heterocycles. The van der Waals surface area contributed by atoms with Gasteiger partial charge in [0.15, 0.2) is 0 Å². The number of carbonyl (C=O) groups excluding carboxylic acids is 3. The number of nitrogens with two attached hydrogens (primary N) is 1. The number of nitrogens with one attached hydrogen (secondary N) is 2. The van der Waals surface area contributed by atoms with Crippen LogP contribution in [0.1, 0.15) is 57.6 Å². The van der Waals surface area contributed by atoms with Crippen LogP contribution in [0.15, 0.2) is 73.1 Å². The first-order chi connectivity index (χ1) is 20.4. The van der Waals surface area contributed by atoms with Gasteiger partial charge >= 0.3 is 12.0 Å². The SMILES string of the molecule is CC(C)(C)OC(=O)NC(CCCn1ccnc1[N+](=O)[O-])C(=O)NCCCc1ccccc1.NC(=O)CCc1ccccc1. The zero-order valence-electron chi connectivity index (χ0n) is 25.0. The van der Waals surface area contributed by atoms with Crippen LogP contribution in [0.25, 0.3) is 0 Å². The van der Waals surface area contributed by atoms with Gasteiger partial charge in [-0.3, -0.25) is 9.59 Å². The maximum absolute atomic E-state index is 12.7. The molecule has 0 saturated heterocycles. The number of ether oxygens (including phenoxy) is 1. The molecule has 12 nitrogen and oxygen atoms in total. The van der Waals surface area contributed by atoms with Crippen molar-refractivity contribution in [1.82, 2.24) is 20.2 Å². The second-order valence-electron chi connectivity index (χ2n) is 10.9. The smallest absolute Gasteiger partial charge is 0.434 e. The Bertz CT molecular complexity index is 1290. The highest BCUT2D eigenvalue weighted by Gasteiger charge is 2.24. The minimum atomic E-state index is -0.816. The van der Waals surface area contributed by atoms with Gasteiger partial charge < -0.3 is 31.2 Å². The molecule has 2 aromatic carbocycles. The summed E-state index contributed by atoms with van der Waals surface area (Å²) in [6.07, 6.45) is 5.67. The Hall–Kier alpha value is -4.74. The summed E-state index contributed by atoms with van der Waals surface area (Å²) in [5.74, 6) is -0.815. The van der Waals surface area contributed by atoms with E-state index in [-0.39, 0.29) is 17.8 Å². The van der Waals surface area contributed by atoms with Crippen molar-refractivity contribution in [1.29, 1.82) is 0 Å². The first-order valence-electron chi connectivity index (χ1n) is 14.2. The summed E-state index contributed by atoms with van der Waals surface area (Å²) in [5.41, 5.74) is 6.65. The standard InChI is InChI=1S/C22H31N5O5.C9H11NO/c1-22(2,3)32-21(29)25-18(12-8-15-26-16-14-24-20(26)27(30)31)19(28)23-13-7-11-17-9-5-4-6-10-17;10-9(11)7-6-8-4-2-1-3-5-8/h4-6,9-10,14,16,18H,7-8,11-13,15H2,1-3H3,(H,23,28)(H,25,29);1-5H,6-7H2,(H2,10,11). The second-order valence-corrected chi connectivity index (χ2v) is 10.9. The Balaban J connectivity index is 0.000000490. The molecule has 1 atom stereocenters. The van der Waals surface area contributed by atoms with Crippen LogP contribution in [-0.4, -0.2) is 50.6 Å². The average Bonchev–Trinajstić information content (AvgIpc) is 3.43. The van der Waals surface area contributed by atoms with Crippen LogP contribution in [0.5, 0.6) is 0 Å². The monoisotopic (exact) mass is 594 g/mol. The molecule has 0 aliphatic heterocycles. The highest BCUT2D eigenvalue weighted by atomic mass is 16.6. The van der Waals surface area contributed by atoms with Crippen molar-refractivity contribution in [3.63, 3.8) is 0 Å². The summed E-state index contributed by atoms with van der Waals surface area (Å²) in [5, 5.41) is 16.5. The first kappa shape index (κ1) is 34.5. The van der Waals surface area contributed by atoms with Crippen LogP contribution in [-0.2, 0) is 33.7 Å². The number of primary amides is 1. The predicted octanol–water partition coefficient (Wildman–Crippen LogP) is 4.32. The fraction of sp³-hybridized carbons (Fsp3) is 0.419. The molecule has 0 bridgehead atoms. The summed E-state index contributed by atoms with van der Waals surface area (Å²) in [6.45, 7) is 5.98. The third-order valence-electron chi connectivity index (χ3n) is 6.04. The van der Waals surface area contributed by atoms with E-state index in [9.17, 15) is 24.5 Å². The molecular weight excluding hydrogens is 552 g/mol. The molecule has 1 aromatic heterocycles. The normalized spacial score (nSPS) is 11.4. The van der Waals surface area contributed by atoms with Gasteiger partial charge in [0, 0.05) is 13.0 Å². The molecule has 232 valence electrons. The summed E-state index contributed by atoms with van der Waals surface area (Å²) in [7, 11) is 0. The maximum atomic E-state index is 12.7. The quantitative estimate of drug-likeness (QED) is 0.142. The molecule has 3 aromatic rings. The number of hydrogen-bond acceptors (Lipinski definition) is 7. The van der Waals surface area contributed by atoms with E-state index in [1.54, 1.807) is 20.8 Å². The molecule has 0 fully saturated rings. The molecule has 1 unspecified atom stereocenters. The lowest BCUT2D eigenvalue weighted by Crippen LogP contribution is -2.48. The van der Waals surface area contributed by atoms with Crippen LogP contribution < -0.4 is 16.4 Å². The van der Waals surface area contributed by atoms with Gasteiger partial charge in [-0.25, -0.2) is 9.36 Å². The number of benzene rings is 2. The van der Waals surface area contributed by atoms with Crippen molar-refractivity contribution >= 4 is 23.9 Å². The average molecular weight is 595 g/mol. The van der Waals surface area contributed by atoms with E-state index in [0.29, 0.717) is 32.4 Å². The largest absolute Gasteiger partial charge is 0.444 e. The number of amides is 3. The zero-order valence-corrected chi connectivity index (χ0v) is 25.0. The topological polar surface area (TPSA) is 171 Å². The number of hydrogen-bond donors (Lipinski definition) is 3. The summed E-state index contributed by atoms with van der Waals surface area (Å²) < 4.78 is 6.68. The lowest BCUT2D eigenvalue weighted by atomic mass is 10.1. The van der Waals surface area contributed by atoms with E-state index in [2.05, 4.69) is 15.6 Å². The Morgan fingerprint density at radius 3 is 2.16 bits per heavy atom. The molecule has 43 heavy (non-hydrogen) atoms. The highest BCUT2D eigenvalue weighted by molar-refractivity contribution is 5.85. The molecule has 0 radical (unpaired) electrons. The third kappa shape index (κ3) is 14.6. The van der Waals surface area contributed by atoms with Crippen molar-refractivity contribution in [2.24, 2.45) is 5.73 Å². The Morgan fingerprint density at radius 1 is 1.00 bits per heavy atom. The number of nitrogens with zero attached hydrogens (tertiary/aromatic N) is 3. The van der Waals surface area contributed by atoms with Gasteiger partial charge in [-0.1, -0.05) is 65.6 Å².